The summed E-state index contributed by atoms with van der Waals surface area (Å²) in [6.45, 7) is 1.92. The summed E-state index contributed by atoms with van der Waals surface area (Å²) >= 11 is 0. The number of nitrogens with two attached hydrogens (primary N) is 1. The highest BCUT2D eigenvalue weighted by molar-refractivity contribution is 6.04. The summed E-state index contributed by atoms with van der Waals surface area (Å²) in [6.07, 6.45) is 4.77. The molecule has 4 rings (SSSR count). The third-order valence-corrected chi connectivity index (χ3v) is 5.75. The molecular formula is C19H22N4O3. The Hall–Kier alpha value is -2.70. The quantitative estimate of drug-likeness (QED) is 0.839. The summed E-state index contributed by atoms with van der Waals surface area (Å²) < 4.78 is 1.53. The zero-order chi connectivity index (χ0) is 18.4. The number of primary amides is 1. The normalized spacial score (nSPS) is 24.8. The second-order valence-corrected chi connectivity index (χ2v) is 7.39. The lowest BCUT2D eigenvalue weighted by atomic mass is 10.0. The van der Waals surface area contributed by atoms with Gasteiger partial charge < -0.3 is 15.4 Å². The maximum atomic E-state index is 13.0. The van der Waals surface area contributed by atoms with Crippen molar-refractivity contribution in [1.29, 1.82) is 0 Å². The van der Waals surface area contributed by atoms with Crippen molar-refractivity contribution in [2.24, 2.45) is 11.7 Å². The number of nitrogens with zero attached hydrogens (tertiary/aromatic N) is 3. The maximum Gasteiger partial charge on any atom is 0.269 e. The summed E-state index contributed by atoms with van der Waals surface area (Å²) in [5, 5.41) is 4.93. The van der Waals surface area contributed by atoms with Crippen LogP contribution in [0.4, 0.5) is 0 Å². The number of aldehydes is 1. The zero-order valence-electron chi connectivity index (χ0n) is 14.7. The van der Waals surface area contributed by atoms with Crippen LogP contribution in [0.1, 0.15) is 41.7 Å². The van der Waals surface area contributed by atoms with Gasteiger partial charge in [0, 0.05) is 11.4 Å². The van der Waals surface area contributed by atoms with Crippen molar-refractivity contribution in [2.45, 2.75) is 51.2 Å². The highest BCUT2D eigenvalue weighted by Gasteiger charge is 2.45. The first-order valence-corrected chi connectivity index (χ1v) is 9.03. The van der Waals surface area contributed by atoms with Crippen molar-refractivity contribution in [3.05, 3.63) is 29.5 Å². The van der Waals surface area contributed by atoms with Gasteiger partial charge in [0.25, 0.3) is 5.91 Å². The number of hydrogen-bond acceptors (Lipinski definition) is 4. The van der Waals surface area contributed by atoms with Crippen LogP contribution in [0.3, 0.4) is 0 Å². The Kier molecular flexibility index (Phi) is 4.01. The fourth-order valence-corrected chi connectivity index (χ4v) is 4.62. The number of fused-ring (bicyclic) bond motifs is 2. The molecule has 7 heteroatoms. The summed E-state index contributed by atoms with van der Waals surface area (Å²) in [5.41, 5.74) is 7.31. The second-order valence-electron chi connectivity index (χ2n) is 7.39. The van der Waals surface area contributed by atoms with E-state index < -0.39 is 5.91 Å². The van der Waals surface area contributed by atoms with Gasteiger partial charge in [-0.1, -0.05) is 18.1 Å². The molecule has 2 aromatic rings. The number of aryl methyl sites for hydroxylation is 1. The Labute approximate surface area is 151 Å². The Morgan fingerprint density at radius 1 is 1.35 bits per heavy atom. The van der Waals surface area contributed by atoms with E-state index in [1.165, 1.54) is 4.68 Å². The molecule has 26 heavy (non-hydrogen) atoms. The molecule has 2 aliphatic rings. The monoisotopic (exact) mass is 354 g/mol. The average molecular weight is 354 g/mol. The molecule has 2 amide bonds. The van der Waals surface area contributed by atoms with Crippen LogP contribution in [-0.4, -0.2) is 44.9 Å². The van der Waals surface area contributed by atoms with Gasteiger partial charge in [0.2, 0.25) is 5.91 Å². The first kappa shape index (κ1) is 16.8. The molecule has 2 heterocycles. The molecular weight excluding hydrogens is 332 g/mol. The first-order chi connectivity index (χ1) is 12.5. The summed E-state index contributed by atoms with van der Waals surface area (Å²) in [7, 11) is 0. The van der Waals surface area contributed by atoms with E-state index in [1.54, 1.807) is 4.90 Å². The summed E-state index contributed by atoms with van der Waals surface area (Å²) in [5.74, 6) is -0.320. The molecule has 7 nitrogen and oxygen atoms in total. The first-order valence-electron chi connectivity index (χ1n) is 9.03. The molecule has 1 saturated heterocycles. The van der Waals surface area contributed by atoms with Crippen LogP contribution in [0, 0.1) is 12.8 Å². The topological polar surface area (TPSA) is 98.3 Å². The predicted octanol–water partition coefficient (Wildman–Crippen LogP) is 1.41. The molecule has 3 atom stereocenters. The van der Waals surface area contributed by atoms with Crippen molar-refractivity contribution < 1.29 is 14.4 Å². The maximum absolute atomic E-state index is 13.0. The Morgan fingerprint density at radius 3 is 2.88 bits per heavy atom. The number of benzene rings is 1. The van der Waals surface area contributed by atoms with Gasteiger partial charge in [0.05, 0.1) is 11.6 Å². The van der Waals surface area contributed by atoms with E-state index in [4.69, 9.17) is 5.73 Å². The molecule has 136 valence electrons. The molecule has 3 unspecified atom stereocenters. The molecule has 1 aliphatic carbocycles. The molecule has 1 aromatic carbocycles. The SMILES string of the molecule is Cc1ccc2c(c1)c(C(N)=O)nn2CC(=O)N1C(C=O)CC2CCCC21. The van der Waals surface area contributed by atoms with Gasteiger partial charge >= 0.3 is 0 Å². The van der Waals surface area contributed by atoms with Crippen molar-refractivity contribution >= 4 is 29.0 Å². The number of carbonyl (C=O) groups is 3. The molecule has 1 aliphatic heterocycles. The predicted molar refractivity (Wildman–Crippen MR) is 95.4 cm³/mol. The van der Waals surface area contributed by atoms with Crippen LogP contribution in [0.25, 0.3) is 10.9 Å². The van der Waals surface area contributed by atoms with Gasteiger partial charge in [-0.05, 0) is 44.2 Å². The minimum Gasteiger partial charge on any atom is -0.364 e. The van der Waals surface area contributed by atoms with Crippen LogP contribution < -0.4 is 5.73 Å². The standard InChI is InChI=1S/C19H22N4O3/c1-11-5-6-16-14(7-11)18(19(20)26)21-22(16)9-17(25)23-13(10-24)8-12-3-2-4-15(12)23/h5-7,10,12-13,15H,2-4,8-9H2,1H3,(H2,20,26). The number of hydrogen-bond donors (Lipinski definition) is 1. The number of aromatic nitrogens is 2. The highest BCUT2D eigenvalue weighted by atomic mass is 16.2. The van der Waals surface area contributed by atoms with Gasteiger partial charge in [0.15, 0.2) is 5.69 Å². The Morgan fingerprint density at radius 2 is 2.15 bits per heavy atom. The minimum absolute atomic E-state index is 0.000398. The lowest BCUT2D eigenvalue weighted by molar-refractivity contribution is -0.137. The lowest BCUT2D eigenvalue weighted by Crippen LogP contribution is -2.43. The minimum atomic E-state index is -0.616. The zero-order valence-corrected chi connectivity index (χ0v) is 14.7. The third-order valence-electron chi connectivity index (χ3n) is 5.75. The molecule has 0 spiro atoms. The van der Waals surface area contributed by atoms with E-state index in [0.29, 0.717) is 16.8 Å². The fourth-order valence-electron chi connectivity index (χ4n) is 4.62. The van der Waals surface area contributed by atoms with Crippen molar-refractivity contribution in [1.82, 2.24) is 14.7 Å². The van der Waals surface area contributed by atoms with Crippen molar-refractivity contribution in [3.8, 4) is 0 Å². The van der Waals surface area contributed by atoms with E-state index >= 15 is 0 Å². The van der Waals surface area contributed by atoms with E-state index in [0.717, 1.165) is 37.5 Å². The number of amides is 2. The summed E-state index contributed by atoms with van der Waals surface area (Å²) in [4.78, 5) is 38.0. The van der Waals surface area contributed by atoms with E-state index in [9.17, 15) is 14.4 Å². The van der Waals surface area contributed by atoms with Gasteiger partial charge in [-0.3, -0.25) is 14.3 Å². The van der Waals surface area contributed by atoms with Gasteiger partial charge in [0.1, 0.15) is 12.8 Å². The molecule has 0 radical (unpaired) electrons. The smallest absolute Gasteiger partial charge is 0.269 e. The van der Waals surface area contributed by atoms with E-state index in [1.807, 2.05) is 25.1 Å². The Balaban J connectivity index is 1.67. The van der Waals surface area contributed by atoms with Gasteiger partial charge in [-0.2, -0.15) is 5.10 Å². The van der Waals surface area contributed by atoms with Crippen molar-refractivity contribution in [2.75, 3.05) is 0 Å². The molecule has 2 fully saturated rings. The molecule has 0 bridgehead atoms. The molecule has 1 saturated carbocycles. The molecule has 1 aromatic heterocycles. The largest absolute Gasteiger partial charge is 0.364 e. The third kappa shape index (κ3) is 2.58. The van der Waals surface area contributed by atoms with Crippen LogP contribution in [0.5, 0.6) is 0 Å². The lowest BCUT2D eigenvalue weighted by Gasteiger charge is -2.27. The van der Waals surface area contributed by atoms with Crippen molar-refractivity contribution in [3.63, 3.8) is 0 Å². The van der Waals surface area contributed by atoms with Gasteiger partial charge in [-0.15, -0.1) is 0 Å². The summed E-state index contributed by atoms with van der Waals surface area (Å²) in [6, 6.07) is 5.40. The Bertz CT molecular complexity index is 904. The van der Waals surface area contributed by atoms with Crippen LogP contribution in [0.15, 0.2) is 18.2 Å². The number of likely N-dealkylation sites (tertiary alicyclic amines) is 1. The number of rotatable bonds is 4. The number of carbonyl (C=O) groups excluding carboxylic acids is 3. The van der Waals surface area contributed by atoms with Gasteiger partial charge in [-0.25, -0.2) is 0 Å². The highest BCUT2D eigenvalue weighted by Crippen LogP contribution is 2.40. The van der Waals surface area contributed by atoms with Crippen LogP contribution in [0.2, 0.25) is 0 Å². The molecule has 2 N–H and O–H groups in total. The van der Waals surface area contributed by atoms with E-state index in [2.05, 4.69) is 5.10 Å². The van der Waals surface area contributed by atoms with E-state index in [-0.39, 0.29) is 30.2 Å². The van der Waals surface area contributed by atoms with Crippen LogP contribution in [-0.2, 0) is 16.1 Å². The second kappa shape index (κ2) is 6.23. The fraction of sp³-hybridized carbons (Fsp3) is 0.474. The average Bonchev–Trinajstić information content (AvgIpc) is 3.26. The van der Waals surface area contributed by atoms with Crippen LogP contribution >= 0.6 is 0 Å².